The third-order valence-electron chi connectivity index (χ3n) is 4.74. The number of thiophene rings is 1. The topological polar surface area (TPSA) is 108 Å². The van der Waals surface area contributed by atoms with Crippen LogP contribution in [0.15, 0.2) is 17.5 Å². The zero-order valence-electron chi connectivity index (χ0n) is 17.0. The standard InChI is InChI=1S/C19H26N4O4S3/c1-3-10-30(26,27)23-9-5-4-6-16(23)18(25)22-19-21-15(12-28-19)17-8-7-14(29-17)11-20-13(2)24/h7-8,12,16H,3-6,9-11H2,1-2H3,(H,20,24)(H,21,22,25). The number of sulfonamides is 1. The molecule has 1 atom stereocenters. The molecule has 3 rings (SSSR count). The first-order chi connectivity index (χ1) is 14.3. The van der Waals surface area contributed by atoms with E-state index in [-0.39, 0.29) is 17.6 Å². The molecule has 1 aliphatic heterocycles. The van der Waals surface area contributed by atoms with E-state index >= 15 is 0 Å². The molecule has 2 amide bonds. The Kier molecular flexibility index (Phi) is 7.61. The Morgan fingerprint density at radius 2 is 2.10 bits per heavy atom. The fourth-order valence-corrected chi connectivity index (χ4v) is 6.77. The highest BCUT2D eigenvalue weighted by Gasteiger charge is 2.36. The normalized spacial score (nSPS) is 17.6. The zero-order chi connectivity index (χ0) is 21.7. The summed E-state index contributed by atoms with van der Waals surface area (Å²) in [6, 6.07) is 3.18. The Hall–Kier alpha value is -1.82. The maximum atomic E-state index is 12.8. The third kappa shape index (κ3) is 5.65. The number of thiazole rings is 1. The van der Waals surface area contributed by atoms with Gasteiger partial charge in [-0.2, -0.15) is 4.31 Å². The van der Waals surface area contributed by atoms with E-state index < -0.39 is 16.1 Å². The molecule has 1 unspecified atom stereocenters. The number of amides is 2. The summed E-state index contributed by atoms with van der Waals surface area (Å²) in [5.74, 6) is -0.355. The summed E-state index contributed by atoms with van der Waals surface area (Å²) in [5, 5.41) is 7.87. The van der Waals surface area contributed by atoms with Crippen molar-refractivity contribution in [2.24, 2.45) is 0 Å². The maximum Gasteiger partial charge on any atom is 0.244 e. The number of hydrogen-bond donors (Lipinski definition) is 2. The lowest BCUT2D eigenvalue weighted by Crippen LogP contribution is -2.50. The SMILES string of the molecule is CCCS(=O)(=O)N1CCCCC1C(=O)Nc1nc(-c2ccc(CNC(C)=O)s2)cs1. The van der Waals surface area contributed by atoms with Gasteiger partial charge in [-0.3, -0.25) is 9.59 Å². The summed E-state index contributed by atoms with van der Waals surface area (Å²) in [4.78, 5) is 30.3. The summed E-state index contributed by atoms with van der Waals surface area (Å²) < 4.78 is 26.5. The number of hydrogen-bond acceptors (Lipinski definition) is 7. The third-order valence-corrected chi connectivity index (χ3v) is 8.68. The molecule has 2 aromatic heterocycles. The molecule has 0 aromatic carbocycles. The minimum atomic E-state index is -3.44. The van der Waals surface area contributed by atoms with E-state index in [4.69, 9.17) is 0 Å². The van der Waals surface area contributed by atoms with Crippen molar-refractivity contribution >= 4 is 49.6 Å². The van der Waals surface area contributed by atoms with Crippen LogP contribution in [0.2, 0.25) is 0 Å². The fraction of sp³-hybridized carbons (Fsp3) is 0.526. The Labute approximate surface area is 184 Å². The Balaban J connectivity index is 1.67. The number of piperidine rings is 1. The Bertz CT molecular complexity index is 999. The largest absolute Gasteiger partial charge is 0.351 e. The molecule has 2 aromatic rings. The van der Waals surface area contributed by atoms with Crippen molar-refractivity contribution in [3.63, 3.8) is 0 Å². The quantitative estimate of drug-likeness (QED) is 0.616. The molecule has 2 N–H and O–H groups in total. The van der Waals surface area contributed by atoms with Crippen molar-refractivity contribution < 1.29 is 18.0 Å². The van der Waals surface area contributed by atoms with Gasteiger partial charge in [0.1, 0.15) is 6.04 Å². The van der Waals surface area contributed by atoms with Gasteiger partial charge in [0.25, 0.3) is 0 Å². The van der Waals surface area contributed by atoms with E-state index in [1.165, 1.54) is 33.9 Å². The monoisotopic (exact) mass is 470 g/mol. The van der Waals surface area contributed by atoms with Gasteiger partial charge in [-0.25, -0.2) is 13.4 Å². The second kappa shape index (κ2) is 9.99. The van der Waals surface area contributed by atoms with E-state index in [2.05, 4.69) is 15.6 Å². The van der Waals surface area contributed by atoms with Gasteiger partial charge >= 0.3 is 0 Å². The molecule has 8 nitrogen and oxygen atoms in total. The van der Waals surface area contributed by atoms with Crippen LogP contribution in [-0.2, 0) is 26.2 Å². The summed E-state index contributed by atoms with van der Waals surface area (Å²) in [6.07, 6.45) is 2.64. The van der Waals surface area contributed by atoms with Crippen LogP contribution in [0, 0.1) is 0 Å². The minimum absolute atomic E-state index is 0.0530. The maximum absolute atomic E-state index is 12.8. The van der Waals surface area contributed by atoms with E-state index in [9.17, 15) is 18.0 Å². The van der Waals surface area contributed by atoms with Gasteiger partial charge in [0.15, 0.2) is 5.13 Å². The summed E-state index contributed by atoms with van der Waals surface area (Å²) in [7, 11) is -3.44. The van der Waals surface area contributed by atoms with Gasteiger partial charge in [-0.15, -0.1) is 22.7 Å². The predicted molar refractivity (Wildman–Crippen MR) is 120 cm³/mol. The molecule has 11 heteroatoms. The van der Waals surface area contributed by atoms with Crippen molar-refractivity contribution in [2.75, 3.05) is 17.6 Å². The van der Waals surface area contributed by atoms with Gasteiger partial charge < -0.3 is 10.6 Å². The first-order valence-corrected chi connectivity index (χ1v) is 13.2. The molecule has 0 bridgehead atoms. The van der Waals surface area contributed by atoms with Crippen molar-refractivity contribution in [1.82, 2.24) is 14.6 Å². The van der Waals surface area contributed by atoms with Gasteiger partial charge in [-0.1, -0.05) is 13.3 Å². The number of aromatic nitrogens is 1. The molecular formula is C19H26N4O4S3. The lowest BCUT2D eigenvalue weighted by Gasteiger charge is -2.33. The second-order valence-electron chi connectivity index (χ2n) is 7.14. The van der Waals surface area contributed by atoms with E-state index in [1.54, 1.807) is 0 Å². The lowest BCUT2D eigenvalue weighted by atomic mass is 10.0. The molecule has 0 spiro atoms. The molecule has 0 radical (unpaired) electrons. The Morgan fingerprint density at radius 1 is 1.30 bits per heavy atom. The van der Waals surface area contributed by atoms with Gasteiger partial charge in [0, 0.05) is 23.7 Å². The molecule has 1 fully saturated rings. The average Bonchev–Trinajstić information content (AvgIpc) is 3.35. The van der Waals surface area contributed by atoms with E-state index in [0.29, 0.717) is 31.1 Å². The summed E-state index contributed by atoms with van der Waals surface area (Å²) >= 11 is 2.84. The van der Waals surface area contributed by atoms with Crippen LogP contribution in [0.1, 0.15) is 44.4 Å². The number of anilines is 1. The van der Waals surface area contributed by atoms with Crippen LogP contribution in [0.5, 0.6) is 0 Å². The number of rotatable bonds is 8. The highest BCUT2D eigenvalue weighted by atomic mass is 32.2. The van der Waals surface area contributed by atoms with Crippen LogP contribution in [0.4, 0.5) is 5.13 Å². The van der Waals surface area contributed by atoms with Crippen molar-refractivity contribution in [1.29, 1.82) is 0 Å². The van der Waals surface area contributed by atoms with E-state index in [1.807, 2.05) is 24.4 Å². The van der Waals surface area contributed by atoms with Crippen LogP contribution >= 0.6 is 22.7 Å². The molecule has 0 aliphatic carbocycles. The molecule has 30 heavy (non-hydrogen) atoms. The van der Waals surface area contributed by atoms with Crippen molar-refractivity contribution in [2.45, 2.75) is 52.1 Å². The van der Waals surface area contributed by atoms with Crippen LogP contribution in [-0.4, -0.2) is 47.9 Å². The summed E-state index contributed by atoms with van der Waals surface area (Å²) in [6.45, 7) is 4.15. The fourth-order valence-electron chi connectivity index (χ4n) is 3.33. The highest BCUT2D eigenvalue weighted by Crippen LogP contribution is 2.31. The molecule has 164 valence electrons. The number of carbonyl (C=O) groups excluding carboxylic acids is 2. The zero-order valence-corrected chi connectivity index (χ0v) is 19.5. The van der Waals surface area contributed by atoms with Crippen LogP contribution in [0.3, 0.4) is 0 Å². The van der Waals surface area contributed by atoms with Crippen LogP contribution < -0.4 is 10.6 Å². The van der Waals surface area contributed by atoms with Crippen molar-refractivity contribution in [3.05, 3.63) is 22.4 Å². The minimum Gasteiger partial charge on any atom is -0.351 e. The first kappa shape index (κ1) is 22.9. The number of carbonyl (C=O) groups is 2. The number of nitrogens with one attached hydrogen (secondary N) is 2. The summed E-state index contributed by atoms with van der Waals surface area (Å²) in [5.41, 5.74) is 0.744. The predicted octanol–water partition coefficient (Wildman–Crippen LogP) is 3.04. The molecule has 1 aliphatic rings. The molecular weight excluding hydrogens is 444 g/mol. The smallest absolute Gasteiger partial charge is 0.244 e. The second-order valence-corrected chi connectivity index (χ2v) is 11.2. The highest BCUT2D eigenvalue weighted by molar-refractivity contribution is 7.89. The molecule has 1 saturated heterocycles. The molecule has 0 saturated carbocycles. The average molecular weight is 471 g/mol. The van der Waals surface area contributed by atoms with Gasteiger partial charge in [0.2, 0.25) is 21.8 Å². The number of nitrogens with zero attached hydrogens (tertiary/aromatic N) is 2. The molecule has 3 heterocycles. The Morgan fingerprint density at radius 3 is 2.83 bits per heavy atom. The lowest BCUT2D eigenvalue weighted by molar-refractivity contribution is -0.120. The van der Waals surface area contributed by atoms with Crippen molar-refractivity contribution in [3.8, 4) is 10.6 Å². The van der Waals surface area contributed by atoms with Gasteiger partial charge in [0.05, 0.1) is 22.9 Å². The van der Waals surface area contributed by atoms with Gasteiger partial charge in [-0.05, 0) is 31.4 Å². The van der Waals surface area contributed by atoms with E-state index in [0.717, 1.165) is 28.3 Å². The van der Waals surface area contributed by atoms with Crippen LogP contribution in [0.25, 0.3) is 10.6 Å². The first-order valence-electron chi connectivity index (χ1n) is 9.89.